The summed E-state index contributed by atoms with van der Waals surface area (Å²) in [6.07, 6.45) is 1.77. The van der Waals surface area contributed by atoms with Gasteiger partial charge in [0.1, 0.15) is 17.5 Å². The van der Waals surface area contributed by atoms with Gasteiger partial charge in [-0.25, -0.2) is 4.68 Å². The quantitative estimate of drug-likeness (QED) is 0.147. The minimum atomic E-state index is -1.11. The Morgan fingerprint density at radius 2 is 1.73 bits per heavy atom. The highest BCUT2D eigenvalue weighted by Crippen LogP contribution is 2.39. The molecule has 214 valence electrons. The average molecular weight is 556 g/mol. The van der Waals surface area contributed by atoms with Crippen LogP contribution in [0.3, 0.4) is 0 Å². The first kappa shape index (κ1) is 28.5. The second kappa shape index (κ2) is 13.1. The zero-order chi connectivity index (χ0) is 28.7. The van der Waals surface area contributed by atoms with Gasteiger partial charge in [-0.05, 0) is 68.5 Å². The lowest BCUT2D eigenvalue weighted by atomic mass is 9.81. The second-order valence-corrected chi connectivity index (χ2v) is 10.5. The molecule has 0 atom stereocenters. The summed E-state index contributed by atoms with van der Waals surface area (Å²) in [6, 6.07) is 27.8. The van der Waals surface area contributed by atoms with Crippen molar-refractivity contribution in [1.82, 2.24) is 15.1 Å². The number of carbonyl (C=O) groups is 1. The van der Waals surface area contributed by atoms with Crippen molar-refractivity contribution in [3.8, 4) is 22.7 Å². The highest BCUT2D eigenvalue weighted by atomic mass is 16.5. The van der Waals surface area contributed by atoms with Crippen LogP contribution in [0, 0.1) is 6.92 Å². The van der Waals surface area contributed by atoms with E-state index < -0.39 is 5.60 Å². The number of methoxy groups -OCH3 is 1. The normalized spacial score (nSPS) is 18.7. The first-order chi connectivity index (χ1) is 19.9. The number of carbonyl (C=O) groups excluding carboxylic acids is 1. The van der Waals surface area contributed by atoms with E-state index in [9.17, 15) is 9.90 Å². The van der Waals surface area contributed by atoms with Gasteiger partial charge in [0, 0.05) is 5.56 Å². The van der Waals surface area contributed by atoms with Gasteiger partial charge in [0.25, 0.3) is 0 Å². The number of hydrogen-bond donors (Lipinski definition) is 2. The Morgan fingerprint density at radius 1 is 1.02 bits per heavy atom. The number of ether oxygens (including phenoxy) is 3. The fourth-order valence-corrected chi connectivity index (χ4v) is 5.10. The Bertz CT molecular complexity index is 1410. The Balaban J connectivity index is 1.19. The Hall–Kier alpha value is -3.98. The second-order valence-electron chi connectivity index (χ2n) is 10.5. The van der Waals surface area contributed by atoms with Crippen molar-refractivity contribution in [3.63, 3.8) is 0 Å². The monoisotopic (exact) mass is 555 g/mol. The molecule has 8 nitrogen and oxygen atoms in total. The van der Waals surface area contributed by atoms with Crippen LogP contribution >= 0.6 is 0 Å². The lowest BCUT2D eigenvalue weighted by Gasteiger charge is -2.34. The largest absolute Gasteiger partial charge is 0.497 e. The molecule has 0 aliphatic heterocycles. The molecule has 5 rings (SSSR count). The van der Waals surface area contributed by atoms with Gasteiger partial charge in [-0.2, -0.15) is 5.10 Å². The zero-order valence-corrected chi connectivity index (χ0v) is 23.6. The summed E-state index contributed by atoms with van der Waals surface area (Å²) in [6.45, 7) is 2.86. The van der Waals surface area contributed by atoms with Gasteiger partial charge >= 0.3 is 5.97 Å². The van der Waals surface area contributed by atoms with E-state index in [2.05, 4.69) is 36.5 Å². The number of aliphatic hydroxyl groups is 1. The predicted molar refractivity (Wildman–Crippen MR) is 157 cm³/mol. The molecular formula is C33H37N3O5. The molecule has 0 radical (unpaired) electrons. The molecular weight excluding hydrogens is 518 g/mol. The van der Waals surface area contributed by atoms with Crippen LogP contribution in [0.4, 0.5) is 0 Å². The van der Waals surface area contributed by atoms with Crippen molar-refractivity contribution in [3.05, 3.63) is 102 Å². The first-order valence-electron chi connectivity index (χ1n) is 14.0. The van der Waals surface area contributed by atoms with Gasteiger partial charge in [0.15, 0.2) is 0 Å². The number of aromatic nitrogens is 2. The van der Waals surface area contributed by atoms with Crippen molar-refractivity contribution in [2.24, 2.45) is 0 Å². The van der Waals surface area contributed by atoms with Crippen LogP contribution in [-0.2, 0) is 26.5 Å². The SMILES string of the molecule is COc1ccc(-n2nc(C3(O)CCC(OC(=O)CNCOCc4ccccc4)CC3)cc2-c2ccc(C)cc2)cc1. The Labute approximate surface area is 240 Å². The summed E-state index contributed by atoms with van der Waals surface area (Å²) >= 11 is 0. The molecule has 1 aliphatic carbocycles. The van der Waals surface area contributed by atoms with Crippen LogP contribution in [-0.4, -0.2) is 47.3 Å². The van der Waals surface area contributed by atoms with Crippen molar-refractivity contribution in [2.45, 2.75) is 50.9 Å². The van der Waals surface area contributed by atoms with Crippen molar-refractivity contribution < 1.29 is 24.1 Å². The number of nitrogens with zero attached hydrogens (tertiary/aromatic N) is 2. The van der Waals surface area contributed by atoms with E-state index in [1.54, 1.807) is 7.11 Å². The molecule has 8 heteroatoms. The fraction of sp³-hybridized carbons (Fsp3) is 0.333. The van der Waals surface area contributed by atoms with E-state index in [4.69, 9.17) is 19.3 Å². The zero-order valence-electron chi connectivity index (χ0n) is 23.6. The van der Waals surface area contributed by atoms with Crippen LogP contribution < -0.4 is 10.1 Å². The van der Waals surface area contributed by atoms with Gasteiger partial charge < -0.3 is 19.3 Å². The van der Waals surface area contributed by atoms with Crippen LogP contribution in [0.2, 0.25) is 0 Å². The van der Waals surface area contributed by atoms with E-state index in [-0.39, 0.29) is 25.3 Å². The number of hydrogen-bond acceptors (Lipinski definition) is 7. The third kappa shape index (κ3) is 7.21. The van der Waals surface area contributed by atoms with Gasteiger partial charge in [0.05, 0.1) is 44.1 Å². The molecule has 4 aromatic rings. The molecule has 0 saturated heterocycles. The molecule has 1 fully saturated rings. The molecule has 0 bridgehead atoms. The number of esters is 1. The molecule has 1 heterocycles. The number of nitrogens with one attached hydrogen (secondary N) is 1. The third-order valence-corrected chi connectivity index (χ3v) is 7.49. The predicted octanol–water partition coefficient (Wildman–Crippen LogP) is 5.29. The maximum atomic E-state index is 12.4. The average Bonchev–Trinajstić information content (AvgIpc) is 3.46. The topological polar surface area (TPSA) is 94.8 Å². The maximum absolute atomic E-state index is 12.4. The minimum absolute atomic E-state index is 0.0712. The van der Waals surface area contributed by atoms with Crippen LogP contribution in [0.25, 0.3) is 16.9 Å². The minimum Gasteiger partial charge on any atom is -0.497 e. The third-order valence-electron chi connectivity index (χ3n) is 7.49. The Morgan fingerprint density at radius 3 is 2.41 bits per heavy atom. The van der Waals surface area contributed by atoms with Gasteiger partial charge in [-0.1, -0.05) is 60.2 Å². The van der Waals surface area contributed by atoms with Crippen molar-refractivity contribution in [2.75, 3.05) is 20.4 Å². The van der Waals surface area contributed by atoms with E-state index in [1.165, 1.54) is 5.56 Å². The summed E-state index contributed by atoms with van der Waals surface area (Å²) in [4.78, 5) is 12.4. The fourth-order valence-electron chi connectivity index (χ4n) is 5.10. The van der Waals surface area contributed by atoms with Gasteiger partial charge in [0.2, 0.25) is 0 Å². The molecule has 41 heavy (non-hydrogen) atoms. The standard InChI is InChI=1S/C33H37N3O5/c1-24-8-10-26(11-9-24)30-20-31(35-36(30)27-12-14-28(39-2)15-13-27)33(38)18-16-29(17-19-33)41-32(37)21-34-23-40-22-25-6-4-3-5-7-25/h3-15,20,29,34,38H,16-19,21-23H2,1-2H3. The first-order valence-corrected chi connectivity index (χ1v) is 14.0. The number of aryl methyl sites for hydroxylation is 1. The highest BCUT2D eigenvalue weighted by Gasteiger charge is 2.38. The molecule has 2 N–H and O–H groups in total. The molecule has 1 aromatic heterocycles. The summed E-state index contributed by atoms with van der Waals surface area (Å²) in [7, 11) is 1.64. The molecule has 0 amide bonds. The van der Waals surface area contributed by atoms with Crippen LogP contribution in [0.1, 0.15) is 42.5 Å². The van der Waals surface area contributed by atoms with E-state index >= 15 is 0 Å². The van der Waals surface area contributed by atoms with Crippen molar-refractivity contribution >= 4 is 5.97 Å². The van der Waals surface area contributed by atoms with E-state index in [0.717, 1.165) is 28.3 Å². The molecule has 3 aromatic carbocycles. The summed E-state index contributed by atoms with van der Waals surface area (Å²) in [5.41, 5.74) is 4.54. The lowest BCUT2D eigenvalue weighted by molar-refractivity contribution is -0.153. The Kier molecular flexibility index (Phi) is 9.14. The number of benzene rings is 3. The lowest BCUT2D eigenvalue weighted by Crippen LogP contribution is -2.37. The highest BCUT2D eigenvalue weighted by molar-refractivity contribution is 5.71. The maximum Gasteiger partial charge on any atom is 0.320 e. The van der Waals surface area contributed by atoms with E-state index in [0.29, 0.717) is 38.0 Å². The molecule has 0 unspecified atom stereocenters. The summed E-state index contributed by atoms with van der Waals surface area (Å²) < 4.78 is 18.4. The van der Waals surface area contributed by atoms with Crippen LogP contribution in [0.5, 0.6) is 5.75 Å². The van der Waals surface area contributed by atoms with E-state index in [1.807, 2.05) is 65.3 Å². The van der Waals surface area contributed by atoms with Crippen molar-refractivity contribution in [1.29, 1.82) is 0 Å². The smallest absolute Gasteiger partial charge is 0.320 e. The summed E-state index contributed by atoms with van der Waals surface area (Å²) in [5, 5.41) is 19.5. The number of rotatable bonds is 11. The van der Waals surface area contributed by atoms with Gasteiger partial charge in [-0.15, -0.1) is 0 Å². The van der Waals surface area contributed by atoms with Crippen LogP contribution in [0.15, 0.2) is 84.9 Å². The molecule has 0 spiro atoms. The molecule has 1 saturated carbocycles. The van der Waals surface area contributed by atoms with Gasteiger partial charge in [-0.3, -0.25) is 10.1 Å². The molecule has 1 aliphatic rings. The summed E-state index contributed by atoms with van der Waals surface area (Å²) in [5.74, 6) is 0.439.